The van der Waals surface area contributed by atoms with Gasteiger partial charge in [0.15, 0.2) is 0 Å². The van der Waals surface area contributed by atoms with Crippen molar-refractivity contribution in [1.82, 2.24) is 19.1 Å². The minimum absolute atomic E-state index is 0.0943. The number of carbonyl (C=O) groups excluding carboxylic acids is 1. The molecular formula is C23H30N4O3S2. The summed E-state index contributed by atoms with van der Waals surface area (Å²) in [6.45, 7) is 3.98. The van der Waals surface area contributed by atoms with Crippen molar-refractivity contribution in [2.45, 2.75) is 34.4 Å². The number of rotatable bonds is 6. The lowest BCUT2D eigenvalue weighted by atomic mass is 10.1. The summed E-state index contributed by atoms with van der Waals surface area (Å²) >= 11 is 1.38. The number of amides is 1. The molecule has 2 saturated heterocycles. The summed E-state index contributed by atoms with van der Waals surface area (Å²) in [5.74, 6) is 0.0943. The van der Waals surface area contributed by atoms with Gasteiger partial charge in [-0.1, -0.05) is 42.1 Å². The standard InChI is InChI=1S/C23H30N4O3S2/c1-25-14-16-27(17-15-25)32(29,30)20-10-11-21(24-18-20)31-22(19-8-4-2-5-9-19)23(28)26-12-6-3-7-13-26/h2,4-5,8-11,18,22H,3,6-7,12-17H2,1H3. The molecule has 2 aromatic rings. The second kappa shape index (κ2) is 10.3. The molecule has 2 aliphatic heterocycles. The van der Waals surface area contributed by atoms with Crippen LogP contribution < -0.4 is 0 Å². The van der Waals surface area contributed by atoms with Crippen LogP contribution in [0.15, 0.2) is 58.6 Å². The third-order valence-corrected chi connectivity index (χ3v) is 9.12. The van der Waals surface area contributed by atoms with Crippen LogP contribution in [0, 0.1) is 0 Å². The Morgan fingerprint density at radius 2 is 1.62 bits per heavy atom. The molecule has 0 spiro atoms. The van der Waals surface area contributed by atoms with Gasteiger partial charge in [0.2, 0.25) is 15.9 Å². The maximum absolute atomic E-state index is 13.3. The van der Waals surface area contributed by atoms with Gasteiger partial charge in [-0.05, 0) is 44.0 Å². The van der Waals surface area contributed by atoms with Crippen molar-refractivity contribution >= 4 is 27.7 Å². The van der Waals surface area contributed by atoms with Gasteiger partial charge < -0.3 is 9.80 Å². The van der Waals surface area contributed by atoms with Gasteiger partial charge in [0.1, 0.15) is 10.1 Å². The highest BCUT2D eigenvalue weighted by Gasteiger charge is 2.30. The van der Waals surface area contributed by atoms with Gasteiger partial charge in [0, 0.05) is 45.5 Å². The van der Waals surface area contributed by atoms with E-state index >= 15 is 0 Å². The highest BCUT2D eigenvalue weighted by molar-refractivity contribution is 8.00. The van der Waals surface area contributed by atoms with E-state index in [0.717, 1.165) is 51.0 Å². The Hall–Kier alpha value is -1.94. The van der Waals surface area contributed by atoms with E-state index in [1.165, 1.54) is 22.3 Å². The molecule has 32 heavy (non-hydrogen) atoms. The lowest BCUT2D eigenvalue weighted by Gasteiger charge is -2.31. The Bertz CT molecular complexity index is 1000. The van der Waals surface area contributed by atoms with E-state index in [1.807, 2.05) is 42.3 Å². The van der Waals surface area contributed by atoms with Crippen molar-refractivity contribution in [3.63, 3.8) is 0 Å². The Balaban J connectivity index is 1.52. The number of likely N-dealkylation sites (tertiary alicyclic amines) is 1. The van der Waals surface area contributed by atoms with Gasteiger partial charge in [-0.25, -0.2) is 13.4 Å². The minimum atomic E-state index is -3.56. The lowest BCUT2D eigenvalue weighted by Crippen LogP contribution is -2.47. The first kappa shape index (κ1) is 23.2. The molecular weight excluding hydrogens is 444 g/mol. The Morgan fingerprint density at radius 3 is 2.25 bits per heavy atom. The third kappa shape index (κ3) is 5.33. The molecule has 0 saturated carbocycles. The van der Waals surface area contributed by atoms with E-state index in [1.54, 1.807) is 12.1 Å². The summed E-state index contributed by atoms with van der Waals surface area (Å²) in [6, 6.07) is 13.1. The number of nitrogens with zero attached hydrogens (tertiary/aromatic N) is 4. The number of piperidine rings is 1. The van der Waals surface area contributed by atoms with Crippen LogP contribution in [0.1, 0.15) is 30.1 Å². The number of hydrogen-bond acceptors (Lipinski definition) is 6. The van der Waals surface area contributed by atoms with Crippen molar-refractivity contribution in [3.05, 3.63) is 54.2 Å². The van der Waals surface area contributed by atoms with Crippen LogP contribution in [0.3, 0.4) is 0 Å². The van der Waals surface area contributed by atoms with Crippen molar-refractivity contribution in [1.29, 1.82) is 0 Å². The molecule has 0 aliphatic carbocycles. The number of pyridine rings is 1. The SMILES string of the molecule is CN1CCN(S(=O)(=O)c2ccc(SC(C(=O)N3CCCCC3)c3ccccc3)nc2)CC1. The van der Waals surface area contributed by atoms with E-state index in [9.17, 15) is 13.2 Å². The number of likely N-dealkylation sites (N-methyl/N-ethyl adjacent to an activating group) is 1. The molecule has 1 amide bonds. The number of carbonyl (C=O) groups is 1. The van der Waals surface area contributed by atoms with Gasteiger partial charge >= 0.3 is 0 Å². The van der Waals surface area contributed by atoms with Gasteiger partial charge in [-0.15, -0.1) is 0 Å². The summed E-state index contributed by atoms with van der Waals surface area (Å²) < 4.78 is 27.4. The van der Waals surface area contributed by atoms with Crippen LogP contribution in [-0.2, 0) is 14.8 Å². The summed E-state index contributed by atoms with van der Waals surface area (Å²) in [5, 5.41) is 0.239. The number of piperazine rings is 1. The first-order chi connectivity index (χ1) is 15.4. The molecule has 0 radical (unpaired) electrons. The number of sulfonamides is 1. The predicted molar refractivity (Wildman–Crippen MR) is 126 cm³/mol. The maximum atomic E-state index is 13.3. The Labute approximate surface area is 194 Å². The fourth-order valence-corrected chi connectivity index (χ4v) is 6.47. The zero-order valence-electron chi connectivity index (χ0n) is 18.4. The highest BCUT2D eigenvalue weighted by atomic mass is 32.2. The normalized spacial score (nSPS) is 19.6. The maximum Gasteiger partial charge on any atom is 0.244 e. The molecule has 7 nitrogen and oxygen atoms in total. The molecule has 1 aromatic carbocycles. The van der Waals surface area contributed by atoms with Gasteiger partial charge in [0.25, 0.3) is 0 Å². The van der Waals surface area contributed by atoms with Crippen molar-refractivity contribution < 1.29 is 13.2 Å². The fraction of sp³-hybridized carbons (Fsp3) is 0.478. The van der Waals surface area contributed by atoms with Crippen molar-refractivity contribution in [2.24, 2.45) is 0 Å². The van der Waals surface area contributed by atoms with Crippen LogP contribution in [0.4, 0.5) is 0 Å². The fourth-order valence-electron chi connectivity index (χ4n) is 4.06. The topological polar surface area (TPSA) is 73.8 Å². The summed E-state index contributed by atoms with van der Waals surface area (Å²) in [6.07, 6.45) is 4.66. The molecule has 3 heterocycles. The molecule has 0 N–H and O–H groups in total. The number of thioether (sulfide) groups is 1. The Kier molecular flexibility index (Phi) is 7.50. The average Bonchev–Trinajstić information content (AvgIpc) is 2.84. The molecule has 1 aromatic heterocycles. The van der Waals surface area contributed by atoms with Gasteiger partial charge in [-0.3, -0.25) is 4.79 Å². The number of hydrogen-bond donors (Lipinski definition) is 0. The monoisotopic (exact) mass is 474 g/mol. The van der Waals surface area contributed by atoms with E-state index in [2.05, 4.69) is 9.88 Å². The Morgan fingerprint density at radius 1 is 0.938 bits per heavy atom. The zero-order chi connectivity index (χ0) is 22.6. The first-order valence-electron chi connectivity index (χ1n) is 11.1. The van der Waals surface area contributed by atoms with E-state index in [4.69, 9.17) is 0 Å². The second-order valence-corrected chi connectivity index (χ2v) is 11.4. The van der Waals surface area contributed by atoms with Crippen LogP contribution in [0.2, 0.25) is 0 Å². The van der Waals surface area contributed by atoms with Gasteiger partial charge in [0.05, 0.1) is 5.03 Å². The van der Waals surface area contributed by atoms with Gasteiger partial charge in [-0.2, -0.15) is 4.31 Å². The largest absolute Gasteiger partial charge is 0.341 e. The summed E-state index contributed by atoms with van der Waals surface area (Å²) in [7, 11) is -1.56. The molecule has 4 rings (SSSR count). The molecule has 2 fully saturated rings. The van der Waals surface area contributed by atoms with Crippen LogP contribution in [0.25, 0.3) is 0 Å². The van der Waals surface area contributed by atoms with E-state index < -0.39 is 15.3 Å². The zero-order valence-corrected chi connectivity index (χ0v) is 20.0. The van der Waals surface area contributed by atoms with E-state index in [0.29, 0.717) is 18.1 Å². The van der Waals surface area contributed by atoms with Crippen LogP contribution >= 0.6 is 11.8 Å². The smallest absolute Gasteiger partial charge is 0.244 e. The average molecular weight is 475 g/mol. The molecule has 1 unspecified atom stereocenters. The molecule has 9 heteroatoms. The van der Waals surface area contributed by atoms with E-state index in [-0.39, 0.29) is 10.8 Å². The first-order valence-corrected chi connectivity index (χ1v) is 13.4. The molecule has 1 atom stereocenters. The molecule has 2 aliphatic rings. The second-order valence-electron chi connectivity index (χ2n) is 8.33. The predicted octanol–water partition coefficient (Wildman–Crippen LogP) is 2.86. The summed E-state index contributed by atoms with van der Waals surface area (Å²) in [4.78, 5) is 22.0. The van der Waals surface area contributed by atoms with Crippen LogP contribution in [-0.4, -0.2) is 79.7 Å². The quantitative estimate of drug-likeness (QED) is 0.600. The lowest BCUT2D eigenvalue weighted by molar-refractivity contribution is -0.131. The van der Waals surface area contributed by atoms with Crippen molar-refractivity contribution in [2.75, 3.05) is 46.3 Å². The third-order valence-electron chi connectivity index (χ3n) is 6.04. The highest BCUT2D eigenvalue weighted by Crippen LogP contribution is 2.36. The van der Waals surface area contributed by atoms with Crippen LogP contribution in [0.5, 0.6) is 0 Å². The molecule has 0 bridgehead atoms. The number of benzene rings is 1. The van der Waals surface area contributed by atoms with Crippen molar-refractivity contribution in [3.8, 4) is 0 Å². The summed E-state index contributed by atoms with van der Waals surface area (Å²) in [5.41, 5.74) is 0.934. The minimum Gasteiger partial charge on any atom is -0.341 e. The number of aromatic nitrogens is 1. The molecule has 172 valence electrons.